The van der Waals surface area contributed by atoms with Crippen molar-refractivity contribution in [2.45, 2.75) is 63.1 Å². The fraction of sp³-hybridized carbons (Fsp3) is 0.448. The van der Waals surface area contributed by atoms with E-state index in [0.29, 0.717) is 31.2 Å². The number of aliphatic carboxylic acids is 1. The molecule has 40 heavy (non-hydrogen) atoms. The number of ether oxygens (including phenoxy) is 1. The Hall–Kier alpha value is -3.96. The van der Waals surface area contributed by atoms with Crippen LogP contribution in [0.4, 0.5) is 5.69 Å². The van der Waals surface area contributed by atoms with E-state index in [-0.39, 0.29) is 30.2 Å². The standard InChI is InChI=1S/C21H32N6O4.C8H8O/c22-21(23)25-11-3-1-2-6-18(28)26-15-9-7-14(8-10-15)13-17(20(30)31)27-19(29)16-5-4-12-24-16;1-2-4-7(5-3-1)8-6-9-8/h7-10,16-17,24H,1-6,11-13H2,(H,26,28)(H,27,29)(H,30,31)(H4,22,23,25);1-5,8H,6H2. The monoisotopic (exact) mass is 552 g/mol. The van der Waals surface area contributed by atoms with Gasteiger partial charge in [-0.05, 0) is 55.5 Å². The summed E-state index contributed by atoms with van der Waals surface area (Å²) in [4.78, 5) is 39.7. The van der Waals surface area contributed by atoms with Crippen molar-refractivity contribution in [1.82, 2.24) is 10.6 Å². The molecule has 3 atom stereocenters. The number of carboxylic acids is 1. The van der Waals surface area contributed by atoms with Crippen LogP contribution in [-0.2, 0) is 25.5 Å². The summed E-state index contributed by atoms with van der Waals surface area (Å²) in [5.41, 5.74) is 13.2. The third kappa shape index (κ3) is 11.4. The molecular weight excluding hydrogens is 512 g/mol. The minimum absolute atomic E-state index is 0.0732. The second kappa shape index (κ2) is 16.2. The van der Waals surface area contributed by atoms with Crippen LogP contribution in [0.3, 0.4) is 0 Å². The molecular formula is C29H40N6O5. The highest BCUT2D eigenvalue weighted by Crippen LogP contribution is 2.28. The van der Waals surface area contributed by atoms with Gasteiger partial charge >= 0.3 is 5.97 Å². The molecule has 0 radical (unpaired) electrons. The van der Waals surface area contributed by atoms with Gasteiger partial charge in [-0.15, -0.1) is 0 Å². The number of carbonyl (C=O) groups is 3. The predicted molar refractivity (Wildman–Crippen MR) is 154 cm³/mol. The molecule has 11 nitrogen and oxygen atoms in total. The van der Waals surface area contributed by atoms with Crippen LogP contribution in [0.15, 0.2) is 59.6 Å². The Kier molecular flexibility index (Phi) is 12.4. The topological polar surface area (TPSA) is 184 Å². The van der Waals surface area contributed by atoms with Crippen molar-refractivity contribution in [2.75, 3.05) is 25.0 Å². The van der Waals surface area contributed by atoms with Gasteiger partial charge in [-0.3, -0.25) is 14.6 Å². The second-order valence-electron chi connectivity index (χ2n) is 9.85. The second-order valence-corrected chi connectivity index (χ2v) is 9.85. The average molecular weight is 553 g/mol. The smallest absolute Gasteiger partial charge is 0.326 e. The molecule has 2 aliphatic heterocycles. The summed E-state index contributed by atoms with van der Waals surface area (Å²) in [6, 6.07) is 15.9. The predicted octanol–water partition coefficient (Wildman–Crippen LogP) is 2.08. The number of carbonyl (C=O) groups excluding carboxylic acids is 2. The highest BCUT2D eigenvalue weighted by Gasteiger charge is 2.27. The maximum absolute atomic E-state index is 12.2. The van der Waals surface area contributed by atoms with Crippen molar-refractivity contribution in [1.29, 1.82) is 0 Å². The van der Waals surface area contributed by atoms with Gasteiger partial charge < -0.3 is 37.3 Å². The number of aliphatic imine (C=N–C) groups is 1. The number of amides is 2. The van der Waals surface area contributed by atoms with E-state index in [4.69, 9.17) is 16.2 Å². The number of guanidine groups is 1. The van der Waals surface area contributed by atoms with E-state index >= 15 is 0 Å². The molecule has 2 saturated heterocycles. The van der Waals surface area contributed by atoms with Crippen LogP contribution < -0.4 is 27.4 Å². The highest BCUT2D eigenvalue weighted by molar-refractivity contribution is 5.90. The average Bonchev–Trinajstić information content (AvgIpc) is 3.65. The summed E-state index contributed by atoms with van der Waals surface area (Å²) >= 11 is 0. The van der Waals surface area contributed by atoms with Gasteiger partial charge in [0.05, 0.1) is 12.6 Å². The lowest BCUT2D eigenvalue weighted by Crippen LogP contribution is -2.49. The summed E-state index contributed by atoms with van der Waals surface area (Å²) in [6.07, 6.45) is 4.98. The number of hydrogen-bond acceptors (Lipinski definition) is 6. The van der Waals surface area contributed by atoms with Crippen molar-refractivity contribution in [3.8, 4) is 0 Å². The molecule has 2 fully saturated rings. The first-order valence-electron chi connectivity index (χ1n) is 13.7. The highest BCUT2D eigenvalue weighted by atomic mass is 16.6. The molecule has 0 saturated carbocycles. The molecule has 2 heterocycles. The summed E-state index contributed by atoms with van der Waals surface area (Å²) in [6.45, 7) is 2.23. The molecule has 0 aromatic heterocycles. The molecule has 8 N–H and O–H groups in total. The minimum Gasteiger partial charge on any atom is -0.480 e. The molecule has 0 spiro atoms. The molecule has 2 aliphatic rings. The lowest BCUT2D eigenvalue weighted by Gasteiger charge is -2.18. The first kappa shape index (κ1) is 30.6. The van der Waals surface area contributed by atoms with Gasteiger partial charge in [0.15, 0.2) is 5.96 Å². The van der Waals surface area contributed by atoms with Crippen LogP contribution in [-0.4, -0.2) is 60.6 Å². The van der Waals surface area contributed by atoms with E-state index in [0.717, 1.165) is 44.4 Å². The number of nitrogens with one attached hydrogen (secondary N) is 3. The van der Waals surface area contributed by atoms with Crippen LogP contribution in [0.2, 0.25) is 0 Å². The molecule has 4 rings (SSSR count). The van der Waals surface area contributed by atoms with Crippen LogP contribution >= 0.6 is 0 Å². The summed E-state index contributed by atoms with van der Waals surface area (Å²) in [5.74, 6) is -1.38. The SMILES string of the molecule is NC(N)=NCCCCCC(=O)Nc1ccc(CC(NC(=O)C2CCCN2)C(=O)O)cc1.c1ccc(C2CO2)cc1. The number of hydrogen-bond donors (Lipinski definition) is 6. The first-order chi connectivity index (χ1) is 19.3. The van der Waals surface area contributed by atoms with Gasteiger partial charge in [0, 0.05) is 25.1 Å². The number of epoxide rings is 1. The van der Waals surface area contributed by atoms with E-state index in [1.165, 1.54) is 5.56 Å². The fourth-order valence-corrected chi connectivity index (χ4v) is 4.25. The number of anilines is 1. The lowest BCUT2D eigenvalue weighted by atomic mass is 10.0. The van der Waals surface area contributed by atoms with Crippen molar-refractivity contribution >= 4 is 29.4 Å². The first-order valence-corrected chi connectivity index (χ1v) is 13.7. The number of benzene rings is 2. The van der Waals surface area contributed by atoms with E-state index in [1.54, 1.807) is 24.3 Å². The van der Waals surface area contributed by atoms with Gasteiger partial charge in [-0.25, -0.2) is 4.79 Å². The number of nitrogens with two attached hydrogens (primary N) is 2. The quantitative estimate of drug-likeness (QED) is 0.0944. The molecule has 3 unspecified atom stereocenters. The van der Waals surface area contributed by atoms with Crippen LogP contribution in [0.5, 0.6) is 0 Å². The summed E-state index contributed by atoms with van der Waals surface area (Å²) < 4.78 is 5.09. The van der Waals surface area contributed by atoms with E-state index < -0.39 is 12.0 Å². The number of carboxylic acid groups (broad SMARTS) is 1. The molecule has 216 valence electrons. The summed E-state index contributed by atoms with van der Waals surface area (Å²) in [7, 11) is 0. The zero-order valence-electron chi connectivity index (χ0n) is 22.7. The normalized spacial score (nSPS) is 18.0. The Bertz CT molecular complexity index is 1110. The Balaban J connectivity index is 0.000000407. The third-order valence-electron chi connectivity index (χ3n) is 6.53. The Morgan fingerprint density at radius 3 is 2.38 bits per heavy atom. The molecule has 0 aliphatic carbocycles. The Labute approximate surface area is 234 Å². The maximum atomic E-state index is 12.2. The van der Waals surface area contributed by atoms with Crippen molar-refractivity contribution in [3.05, 3.63) is 65.7 Å². The molecule has 0 bridgehead atoms. The Morgan fingerprint density at radius 2 is 1.77 bits per heavy atom. The van der Waals surface area contributed by atoms with Crippen molar-refractivity contribution in [3.63, 3.8) is 0 Å². The van der Waals surface area contributed by atoms with E-state index in [2.05, 4.69) is 33.1 Å². The van der Waals surface area contributed by atoms with E-state index in [9.17, 15) is 19.5 Å². The minimum atomic E-state index is -1.08. The number of unbranched alkanes of at least 4 members (excludes halogenated alkanes) is 2. The third-order valence-corrected chi connectivity index (χ3v) is 6.53. The van der Waals surface area contributed by atoms with Crippen LogP contribution in [0.1, 0.15) is 55.8 Å². The van der Waals surface area contributed by atoms with Crippen molar-refractivity contribution < 1.29 is 24.2 Å². The number of nitrogens with zero attached hydrogens (tertiary/aromatic N) is 1. The molecule has 2 amide bonds. The zero-order chi connectivity index (χ0) is 28.7. The van der Waals surface area contributed by atoms with Crippen LogP contribution in [0, 0.1) is 0 Å². The van der Waals surface area contributed by atoms with Gasteiger partial charge in [-0.1, -0.05) is 48.9 Å². The fourth-order valence-electron chi connectivity index (χ4n) is 4.25. The zero-order valence-corrected chi connectivity index (χ0v) is 22.7. The van der Waals surface area contributed by atoms with Crippen LogP contribution in [0.25, 0.3) is 0 Å². The maximum Gasteiger partial charge on any atom is 0.326 e. The summed E-state index contributed by atoms with van der Waals surface area (Å²) in [5, 5.41) is 17.9. The lowest BCUT2D eigenvalue weighted by molar-refractivity contribution is -0.142. The van der Waals surface area contributed by atoms with Gasteiger partial charge in [0.25, 0.3) is 0 Å². The Morgan fingerprint density at radius 1 is 1.05 bits per heavy atom. The molecule has 11 heteroatoms. The van der Waals surface area contributed by atoms with Crippen molar-refractivity contribution in [2.24, 2.45) is 16.5 Å². The molecule has 2 aromatic carbocycles. The number of rotatable bonds is 13. The van der Waals surface area contributed by atoms with Gasteiger partial charge in [-0.2, -0.15) is 0 Å². The van der Waals surface area contributed by atoms with E-state index in [1.807, 2.05) is 18.2 Å². The molecule has 2 aromatic rings. The van der Waals surface area contributed by atoms with Gasteiger partial charge in [0.1, 0.15) is 12.1 Å². The van der Waals surface area contributed by atoms with Gasteiger partial charge in [0.2, 0.25) is 11.8 Å². The largest absolute Gasteiger partial charge is 0.480 e.